The number of aromatic nitrogens is 1. The summed E-state index contributed by atoms with van der Waals surface area (Å²) < 4.78 is 6.29. The molecular formula is C9H11N3O2. The molecule has 0 saturated heterocycles. The molecule has 1 heterocycles. The van der Waals surface area contributed by atoms with Gasteiger partial charge in [0.15, 0.2) is 5.69 Å². The number of aryl methyl sites for hydroxylation is 1. The zero-order chi connectivity index (χ0) is 10.7. The van der Waals surface area contributed by atoms with Crippen LogP contribution in [0.25, 0.3) is 0 Å². The van der Waals surface area contributed by atoms with Crippen molar-refractivity contribution in [3.05, 3.63) is 17.5 Å². The molecule has 0 bridgehead atoms. The fourth-order valence-corrected chi connectivity index (χ4v) is 1.19. The zero-order valence-corrected chi connectivity index (χ0v) is 8.07. The van der Waals surface area contributed by atoms with Gasteiger partial charge in [-0.15, -0.1) is 0 Å². The van der Waals surface area contributed by atoms with Crippen LogP contribution in [-0.2, 0) is 11.8 Å². The summed E-state index contributed by atoms with van der Waals surface area (Å²) in [6.45, 7) is 1.99. The minimum absolute atomic E-state index is 0.174. The van der Waals surface area contributed by atoms with Gasteiger partial charge in [-0.1, -0.05) is 0 Å². The Morgan fingerprint density at radius 2 is 2.43 bits per heavy atom. The van der Waals surface area contributed by atoms with Crippen molar-refractivity contribution in [2.75, 3.05) is 12.3 Å². The number of carbonyl (C=O) groups is 1. The van der Waals surface area contributed by atoms with Gasteiger partial charge in [0, 0.05) is 13.2 Å². The van der Waals surface area contributed by atoms with Crippen molar-refractivity contribution in [2.24, 2.45) is 7.05 Å². The lowest BCUT2D eigenvalue weighted by Crippen LogP contribution is -2.11. The summed E-state index contributed by atoms with van der Waals surface area (Å²) in [5.74, 6) is -0.506. The van der Waals surface area contributed by atoms with Crippen LogP contribution >= 0.6 is 0 Å². The third-order valence-electron chi connectivity index (χ3n) is 1.81. The molecule has 0 aliphatic rings. The van der Waals surface area contributed by atoms with E-state index in [-0.39, 0.29) is 23.6 Å². The maximum Gasteiger partial charge on any atom is 0.357 e. The summed E-state index contributed by atoms with van der Waals surface area (Å²) in [6, 6.07) is 1.90. The highest BCUT2D eigenvalue weighted by molar-refractivity contribution is 5.95. The van der Waals surface area contributed by atoms with Gasteiger partial charge in [-0.25, -0.2) is 4.79 Å². The number of rotatable bonds is 2. The highest BCUT2D eigenvalue weighted by atomic mass is 16.5. The number of hydrogen-bond acceptors (Lipinski definition) is 4. The van der Waals surface area contributed by atoms with E-state index in [2.05, 4.69) is 0 Å². The topological polar surface area (TPSA) is 81.0 Å². The number of esters is 1. The molecule has 2 N–H and O–H groups in total. The molecule has 14 heavy (non-hydrogen) atoms. The lowest BCUT2D eigenvalue weighted by atomic mass is 10.3. The Labute approximate surface area is 81.7 Å². The van der Waals surface area contributed by atoms with Crippen LogP contribution in [-0.4, -0.2) is 17.1 Å². The largest absolute Gasteiger partial charge is 0.461 e. The van der Waals surface area contributed by atoms with Crippen LogP contribution in [0.3, 0.4) is 0 Å². The smallest absolute Gasteiger partial charge is 0.357 e. The van der Waals surface area contributed by atoms with Crippen LogP contribution in [0.5, 0.6) is 0 Å². The van der Waals surface area contributed by atoms with E-state index in [1.54, 1.807) is 14.0 Å². The van der Waals surface area contributed by atoms with Gasteiger partial charge in [0.2, 0.25) is 0 Å². The summed E-state index contributed by atoms with van der Waals surface area (Å²) in [4.78, 5) is 11.4. The number of anilines is 1. The minimum atomic E-state index is -0.506. The quantitative estimate of drug-likeness (QED) is 0.699. The predicted molar refractivity (Wildman–Crippen MR) is 50.5 cm³/mol. The number of nitrogens with zero attached hydrogens (tertiary/aromatic N) is 2. The Morgan fingerprint density at radius 3 is 2.86 bits per heavy atom. The first kappa shape index (κ1) is 10.1. The second-order valence-electron chi connectivity index (χ2n) is 2.75. The second kappa shape index (κ2) is 3.83. The molecule has 1 aromatic heterocycles. The van der Waals surface area contributed by atoms with Gasteiger partial charge in [0.05, 0.1) is 17.9 Å². The van der Waals surface area contributed by atoms with E-state index in [9.17, 15) is 4.79 Å². The van der Waals surface area contributed by atoms with Crippen molar-refractivity contribution in [3.63, 3.8) is 0 Å². The van der Waals surface area contributed by atoms with E-state index in [4.69, 9.17) is 15.7 Å². The summed E-state index contributed by atoms with van der Waals surface area (Å²) >= 11 is 0. The first-order valence-electron chi connectivity index (χ1n) is 4.13. The standard InChI is InChI=1S/C9H11N3O2/c1-3-14-9(13)8-7(11)6(4-10)5-12(8)2/h5H,3,11H2,1-2H3. The van der Waals surface area contributed by atoms with Crippen LogP contribution in [0.15, 0.2) is 6.20 Å². The van der Waals surface area contributed by atoms with Crippen LogP contribution in [0.1, 0.15) is 23.0 Å². The fourth-order valence-electron chi connectivity index (χ4n) is 1.19. The van der Waals surface area contributed by atoms with Gasteiger partial charge in [-0.2, -0.15) is 5.26 Å². The molecule has 0 atom stereocenters. The number of nitrogens with two attached hydrogens (primary N) is 1. The number of carbonyl (C=O) groups excluding carboxylic acids is 1. The number of ether oxygens (including phenoxy) is 1. The molecule has 5 heteroatoms. The summed E-state index contributed by atoms with van der Waals surface area (Å²) in [7, 11) is 1.64. The predicted octanol–water partition coefficient (Wildman–Crippen LogP) is 0.656. The van der Waals surface area contributed by atoms with Gasteiger partial charge in [-0.3, -0.25) is 0 Å². The van der Waals surface area contributed by atoms with Crippen LogP contribution in [0.4, 0.5) is 5.69 Å². The van der Waals surface area contributed by atoms with Crippen LogP contribution in [0, 0.1) is 11.3 Å². The maximum atomic E-state index is 11.4. The van der Waals surface area contributed by atoms with E-state index in [1.165, 1.54) is 10.8 Å². The average Bonchev–Trinajstić information content (AvgIpc) is 2.41. The molecule has 0 aromatic carbocycles. The zero-order valence-electron chi connectivity index (χ0n) is 8.07. The summed E-state index contributed by atoms with van der Waals surface area (Å²) in [5, 5.41) is 8.67. The van der Waals surface area contributed by atoms with Crippen molar-refractivity contribution < 1.29 is 9.53 Å². The second-order valence-corrected chi connectivity index (χ2v) is 2.75. The molecule has 1 aromatic rings. The number of nitriles is 1. The molecule has 0 radical (unpaired) electrons. The summed E-state index contributed by atoms with van der Waals surface area (Å²) in [5.41, 5.74) is 6.29. The van der Waals surface area contributed by atoms with Crippen molar-refractivity contribution in [2.45, 2.75) is 6.92 Å². The molecule has 0 amide bonds. The van der Waals surface area contributed by atoms with E-state index in [0.717, 1.165) is 0 Å². The van der Waals surface area contributed by atoms with Crippen LogP contribution < -0.4 is 5.73 Å². The van der Waals surface area contributed by atoms with E-state index < -0.39 is 5.97 Å². The van der Waals surface area contributed by atoms with Gasteiger partial charge >= 0.3 is 5.97 Å². The van der Waals surface area contributed by atoms with Gasteiger partial charge in [0.1, 0.15) is 6.07 Å². The molecule has 0 aliphatic carbocycles. The number of hydrogen-bond donors (Lipinski definition) is 1. The first-order chi connectivity index (χ1) is 6.61. The Hall–Kier alpha value is -1.96. The van der Waals surface area contributed by atoms with E-state index in [1.807, 2.05) is 6.07 Å². The minimum Gasteiger partial charge on any atom is -0.461 e. The highest BCUT2D eigenvalue weighted by Crippen LogP contribution is 2.19. The Balaban J connectivity index is 3.15. The van der Waals surface area contributed by atoms with Gasteiger partial charge in [0.25, 0.3) is 0 Å². The maximum absolute atomic E-state index is 11.4. The van der Waals surface area contributed by atoms with Gasteiger partial charge in [-0.05, 0) is 6.92 Å². The molecule has 0 unspecified atom stereocenters. The number of nitrogen functional groups attached to an aromatic ring is 1. The van der Waals surface area contributed by atoms with Crippen molar-refractivity contribution in [3.8, 4) is 6.07 Å². The van der Waals surface area contributed by atoms with Crippen molar-refractivity contribution >= 4 is 11.7 Å². The lowest BCUT2D eigenvalue weighted by Gasteiger charge is -2.03. The Bertz CT molecular complexity index is 401. The third kappa shape index (κ3) is 1.55. The average molecular weight is 193 g/mol. The fraction of sp³-hybridized carbons (Fsp3) is 0.333. The molecular weight excluding hydrogens is 182 g/mol. The molecule has 1 rings (SSSR count). The molecule has 0 aliphatic heterocycles. The molecule has 0 spiro atoms. The molecule has 0 saturated carbocycles. The SMILES string of the molecule is CCOC(=O)c1c(N)c(C#N)cn1C. The summed E-state index contributed by atoms with van der Waals surface area (Å²) in [6.07, 6.45) is 1.50. The highest BCUT2D eigenvalue weighted by Gasteiger charge is 2.18. The van der Waals surface area contributed by atoms with E-state index in [0.29, 0.717) is 0 Å². The van der Waals surface area contributed by atoms with Crippen molar-refractivity contribution in [1.82, 2.24) is 4.57 Å². The molecule has 74 valence electrons. The van der Waals surface area contributed by atoms with E-state index >= 15 is 0 Å². The third-order valence-corrected chi connectivity index (χ3v) is 1.81. The van der Waals surface area contributed by atoms with Crippen molar-refractivity contribution in [1.29, 1.82) is 5.26 Å². The van der Waals surface area contributed by atoms with Crippen LogP contribution in [0.2, 0.25) is 0 Å². The lowest BCUT2D eigenvalue weighted by molar-refractivity contribution is 0.0516. The monoisotopic (exact) mass is 193 g/mol. The van der Waals surface area contributed by atoms with Gasteiger partial charge < -0.3 is 15.0 Å². The molecule has 5 nitrogen and oxygen atoms in total. The Kier molecular flexibility index (Phi) is 2.77. The molecule has 0 fully saturated rings. The normalized spacial score (nSPS) is 9.50. The Morgan fingerprint density at radius 1 is 1.79 bits per heavy atom. The first-order valence-corrected chi connectivity index (χ1v) is 4.13.